The SMILES string of the molecule is C#CC(CC)NS(=O)(=O)c1ccc(S(=O)(=O)Cl)cc1F. The Hall–Kier alpha value is -1.14. The first-order chi connectivity index (χ1) is 9.11. The zero-order valence-corrected chi connectivity index (χ0v) is 12.7. The number of hydrogen-bond acceptors (Lipinski definition) is 4. The molecule has 0 aliphatic rings. The van der Waals surface area contributed by atoms with E-state index in [1.165, 1.54) is 0 Å². The third-order valence-electron chi connectivity index (χ3n) is 2.38. The lowest BCUT2D eigenvalue weighted by molar-refractivity contribution is 0.546. The second kappa shape index (κ2) is 6.10. The van der Waals surface area contributed by atoms with Gasteiger partial charge in [0.25, 0.3) is 9.05 Å². The predicted octanol–water partition coefficient (Wildman–Crippen LogP) is 1.44. The lowest BCUT2D eigenvalue weighted by Gasteiger charge is -2.12. The molecule has 1 rings (SSSR count). The molecule has 0 aliphatic heterocycles. The molecule has 1 unspecified atom stereocenters. The first-order valence-electron chi connectivity index (χ1n) is 5.34. The highest BCUT2D eigenvalue weighted by Gasteiger charge is 2.23. The van der Waals surface area contributed by atoms with Crippen LogP contribution in [0.4, 0.5) is 4.39 Å². The highest BCUT2D eigenvalue weighted by atomic mass is 35.7. The fourth-order valence-corrected chi connectivity index (χ4v) is 3.40. The van der Waals surface area contributed by atoms with E-state index in [9.17, 15) is 21.2 Å². The molecule has 0 aromatic heterocycles. The van der Waals surface area contributed by atoms with Gasteiger partial charge in [-0.1, -0.05) is 12.8 Å². The van der Waals surface area contributed by atoms with Crippen LogP contribution < -0.4 is 4.72 Å². The molecular formula is C11H11ClFNO4S2. The summed E-state index contributed by atoms with van der Waals surface area (Å²) in [6, 6.07) is 1.47. The molecule has 0 saturated carbocycles. The summed E-state index contributed by atoms with van der Waals surface area (Å²) in [5.74, 6) is 0.973. The molecule has 1 aromatic carbocycles. The lowest BCUT2D eigenvalue weighted by Crippen LogP contribution is -2.33. The number of rotatable bonds is 5. The standard InChI is InChI=1S/C11H11ClFNO4S2/c1-3-8(4-2)14-20(17,18)11-6-5-9(7-10(11)13)19(12,15)16/h1,5-8,14H,4H2,2H3. The maximum atomic E-state index is 13.7. The van der Waals surface area contributed by atoms with Crippen molar-refractivity contribution < 1.29 is 21.2 Å². The number of halogens is 2. The van der Waals surface area contributed by atoms with Gasteiger partial charge in [-0.2, -0.15) is 4.72 Å². The smallest absolute Gasteiger partial charge is 0.207 e. The van der Waals surface area contributed by atoms with E-state index in [2.05, 4.69) is 10.6 Å². The zero-order chi connectivity index (χ0) is 15.6. The van der Waals surface area contributed by atoms with Crippen molar-refractivity contribution in [2.45, 2.75) is 29.2 Å². The maximum Gasteiger partial charge on any atom is 0.261 e. The molecule has 0 saturated heterocycles. The third kappa shape index (κ3) is 3.93. The van der Waals surface area contributed by atoms with Gasteiger partial charge in [0.1, 0.15) is 10.7 Å². The molecule has 0 amide bonds. The Balaban J connectivity index is 3.25. The van der Waals surface area contributed by atoms with E-state index in [0.29, 0.717) is 12.5 Å². The molecule has 1 N–H and O–H groups in total. The van der Waals surface area contributed by atoms with E-state index in [1.54, 1.807) is 6.92 Å². The molecule has 20 heavy (non-hydrogen) atoms. The lowest BCUT2D eigenvalue weighted by atomic mass is 10.3. The Kier molecular flexibility index (Phi) is 5.15. The van der Waals surface area contributed by atoms with Crippen molar-refractivity contribution >= 4 is 29.8 Å². The summed E-state index contributed by atoms with van der Waals surface area (Å²) >= 11 is 0. The minimum atomic E-state index is -4.18. The number of sulfonamides is 1. The monoisotopic (exact) mass is 339 g/mol. The molecule has 0 aliphatic carbocycles. The van der Waals surface area contributed by atoms with Gasteiger partial charge >= 0.3 is 0 Å². The molecule has 0 bridgehead atoms. The van der Waals surface area contributed by atoms with Crippen molar-refractivity contribution in [1.29, 1.82) is 0 Å². The van der Waals surface area contributed by atoms with Crippen molar-refractivity contribution in [3.63, 3.8) is 0 Å². The van der Waals surface area contributed by atoms with Crippen LogP contribution in [0.1, 0.15) is 13.3 Å². The molecule has 5 nitrogen and oxygen atoms in total. The van der Waals surface area contributed by atoms with Crippen LogP contribution in [0.3, 0.4) is 0 Å². The molecular weight excluding hydrogens is 329 g/mol. The summed E-state index contributed by atoms with van der Waals surface area (Å²) in [6.07, 6.45) is 5.45. The first kappa shape index (κ1) is 16.9. The largest absolute Gasteiger partial charge is 0.261 e. The van der Waals surface area contributed by atoms with Crippen molar-refractivity contribution in [2.75, 3.05) is 0 Å². The van der Waals surface area contributed by atoms with Crippen LogP contribution in [0.2, 0.25) is 0 Å². The van der Waals surface area contributed by atoms with Crippen molar-refractivity contribution in [1.82, 2.24) is 4.72 Å². The Morgan fingerprint density at radius 3 is 2.40 bits per heavy atom. The zero-order valence-electron chi connectivity index (χ0n) is 10.3. The van der Waals surface area contributed by atoms with E-state index < -0.39 is 40.7 Å². The van der Waals surface area contributed by atoms with Crippen LogP contribution >= 0.6 is 10.7 Å². The molecule has 0 fully saturated rings. The molecule has 110 valence electrons. The summed E-state index contributed by atoms with van der Waals surface area (Å²) in [5.41, 5.74) is 0. The topological polar surface area (TPSA) is 80.3 Å². The van der Waals surface area contributed by atoms with Gasteiger partial charge in [-0.15, -0.1) is 6.42 Å². The van der Waals surface area contributed by atoms with Gasteiger partial charge in [0.15, 0.2) is 0 Å². The summed E-state index contributed by atoms with van der Waals surface area (Å²) in [6.45, 7) is 1.66. The van der Waals surface area contributed by atoms with Gasteiger partial charge in [0.05, 0.1) is 10.9 Å². The average molecular weight is 340 g/mol. The van der Waals surface area contributed by atoms with Gasteiger partial charge in [-0.05, 0) is 24.6 Å². The number of terminal acetylenes is 1. The summed E-state index contributed by atoms with van der Waals surface area (Å²) in [7, 11) is -3.28. The molecule has 0 spiro atoms. The van der Waals surface area contributed by atoms with E-state index in [1.807, 2.05) is 0 Å². The van der Waals surface area contributed by atoms with Gasteiger partial charge < -0.3 is 0 Å². The van der Waals surface area contributed by atoms with Gasteiger partial charge in [0.2, 0.25) is 10.0 Å². The van der Waals surface area contributed by atoms with E-state index >= 15 is 0 Å². The Bertz CT molecular complexity index is 753. The normalized spacial score (nSPS) is 13.7. The second-order valence-corrected chi connectivity index (χ2v) is 8.03. The van der Waals surface area contributed by atoms with Gasteiger partial charge in [-0.25, -0.2) is 21.2 Å². The Labute approximate surface area is 121 Å². The van der Waals surface area contributed by atoms with Crippen molar-refractivity contribution in [3.05, 3.63) is 24.0 Å². The quantitative estimate of drug-likeness (QED) is 0.650. The van der Waals surface area contributed by atoms with E-state index in [-0.39, 0.29) is 0 Å². The average Bonchev–Trinajstić information content (AvgIpc) is 2.34. The molecule has 9 heteroatoms. The number of nitrogens with one attached hydrogen (secondary N) is 1. The molecule has 1 aromatic rings. The van der Waals surface area contributed by atoms with Crippen LogP contribution in [0, 0.1) is 18.2 Å². The highest BCUT2D eigenvalue weighted by molar-refractivity contribution is 8.13. The van der Waals surface area contributed by atoms with Crippen LogP contribution in [0.25, 0.3) is 0 Å². The Morgan fingerprint density at radius 2 is 2.00 bits per heavy atom. The minimum absolute atomic E-state index is 0.325. The summed E-state index contributed by atoms with van der Waals surface area (Å²) in [4.78, 5) is -1.23. The fraction of sp³-hybridized carbons (Fsp3) is 0.273. The third-order valence-corrected chi connectivity index (χ3v) is 5.24. The summed E-state index contributed by atoms with van der Waals surface area (Å²) in [5, 5.41) is 0. The van der Waals surface area contributed by atoms with Crippen molar-refractivity contribution in [3.8, 4) is 12.3 Å². The first-order valence-corrected chi connectivity index (χ1v) is 9.13. The maximum absolute atomic E-state index is 13.7. The molecule has 0 radical (unpaired) electrons. The van der Waals surface area contributed by atoms with E-state index in [4.69, 9.17) is 17.1 Å². The number of hydrogen-bond donors (Lipinski definition) is 1. The van der Waals surface area contributed by atoms with Crippen LogP contribution in [0.5, 0.6) is 0 Å². The fourth-order valence-electron chi connectivity index (χ4n) is 1.34. The second-order valence-electron chi connectivity index (χ2n) is 3.78. The van der Waals surface area contributed by atoms with Gasteiger partial charge in [0, 0.05) is 10.7 Å². The summed E-state index contributed by atoms with van der Waals surface area (Å²) < 4.78 is 61.7. The Morgan fingerprint density at radius 1 is 1.40 bits per heavy atom. The van der Waals surface area contributed by atoms with Crippen LogP contribution in [0.15, 0.2) is 28.0 Å². The highest BCUT2D eigenvalue weighted by Crippen LogP contribution is 2.21. The van der Waals surface area contributed by atoms with Gasteiger partial charge in [-0.3, -0.25) is 0 Å². The molecule has 1 atom stereocenters. The van der Waals surface area contributed by atoms with Crippen LogP contribution in [-0.2, 0) is 19.1 Å². The minimum Gasteiger partial charge on any atom is -0.207 e. The van der Waals surface area contributed by atoms with Crippen LogP contribution in [-0.4, -0.2) is 22.9 Å². The molecule has 0 heterocycles. The van der Waals surface area contributed by atoms with E-state index in [0.717, 1.165) is 12.1 Å². The predicted molar refractivity (Wildman–Crippen MR) is 72.7 cm³/mol. The van der Waals surface area contributed by atoms with Crippen molar-refractivity contribution in [2.24, 2.45) is 0 Å². The number of benzene rings is 1.